The lowest BCUT2D eigenvalue weighted by Crippen LogP contribution is -2.27. The third kappa shape index (κ3) is 4.01. The highest BCUT2D eigenvalue weighted by Crippen LogP contribution is 2.26. The van der Waals surface area contributed by atoms with Crippen LogP contribution in [0.4, 0.5) is 0 Å². The van der Waals surface area contributed by atoms with E-state index in [1.807, 2.05) is 54.1 Å². The molecule has 24 heavy (non-hydrogen) atoms. The van der Waals surface area contributed by atoms with Crippen LogP contribution >= 0.6 is 22.7 Å². The molecule has 0 unspecified atom stereocenters. The largest absolute Gasteiger partial charge is 0.497 e. The molecule has 2 aromatic heterocycles. The lowest BCUT2D eigenvalue weighted by molar-refractivity contribution is -0.121. The Balaban J connectivity index is 1.61. The van der Waals surface area contributed by atoms with Gasteiger partial charge in [0.25, 0.3) is 0 Å². The molecule has 124 valence electrons. The number of benzene rings is 1. The summed E-state index contributed by atoms with van der Waals surface area (Å²) in [5.41, 5.74) is 1.82. The molecule has 0 spiro atoms. The molecule has 3 aromatic rings. The zero-order chi connectivity index (χ0) is 16.9. The van der Waals surface area contributed by atoms with E-state index < -0.39 is 0 Å². The molecule has 4 nitrogen and oxygen atoms in total. The van der Waals surface area contributed by atoms with Crippen molar-refractivity contribution in [3.63, 3.8) is 0 Å². The quantitative estimate of drug-likeness (QED) is 0.715. The molecule has 0 aliphatic rings. The van der Waals surface area contributed by atoms with Gasteiger partial charge in [-0.25, -0.2) is 4.98 Å². The van der Waals surface area contributed by atoms with Crippen LogP contribution in [0.25, 0.3) is 10.6 Å². The predicted octanol–water partition coefficient (Wildman–Crippen LogP) is 4.30. The van der Waals surface area contributed by atoms with Gasteiger partial charge in [0.1, 0.15) is 10.8 Å². The number of aromatic nitrogens is 1. The number of carbonyl (C=O) groups excluding carboxylic acids is 1. The number of hydrogen-bond acceptors (Lipinski definition) is 5. The molecule has 0 aliphatic heterocycles. The number of carbonyl (C=O) groups is 1. The van der Waals surface area contributed by atoms with Gasteiger partial charge < -0.3 is 10.1 Å². The van der Waals surface area contributed by atoms with Crippen molar-refractivity contribution in [2.75, 3.05) is 7.11 Å². The average molecular weight is 358 g/mol. The lowest BCUT2D eigenvalue weighted by atomic mass is 10.2. The van der Waals surface area contributed by atoms with Crippen molar-refractivity contribution in [3.05, 3.63) is 57.7 Å². The van der Waals surface area contributed by atoms with Crippen LogP contribution in [0.3, 0.4) is 0 Å². The number of thiazole rings is 1. The number of ether oxygens (including phenoxy) is 1. The van der Waals surface area contributed by atoms with E-state index in [0.29, 0.717) is 6.42 Å². The first kappa shape index (κ1) is 16.7. The van der Waals surface area contributed by atoms with E-state index in [-0.39, 0.29) is 11.9 Å². The van der Waals surface area contributed by atoms with Crippen LogP contribution in [0.2, 0.25) is 0 Å². The van der Waals surface area contributed by atoms with Gasteiger partial charge in [-0.2, -0.15) is 0 Å². The van der Waals surface area contributed by atoms with E-state index in [1.165, 1.54) is 0 Å². The fourth-order valence-corrected chi connectivity index (χ4v) is 3.88. The Morgan fingerprint density at radius 3 is 2.71 bits per heavy atom. The Kier molecular flexibility index (Phi) is 5.27. The molecule has 3 rings (SSSR count). The van der Waals surface area contributed by atoms with Crippen LogP contribution in [0.15, 0.2) is 47.2 Å². The summed E-state index contributed by atoms with van der Waals surface area (Å²) in [6.45, 7) is 1.99. The predicted molar refractivity (Wildman–Crippen MR) is 98.7 cm³/mol. The van der Waals surface area contributed by atoms with Crippen molar-refractivity contribution in [2.24, 2.45) is 0 Å². The van der Waals surface area contributed by atoms with Gasteiger partial charge >= 0.3 is 0 Å². The second-order valence-corrected chi connectivity index (χ2v) is 7.19. The van der Waals surface area contributed by atoms with E-state index in [1.54, 1.807) is 29.8 Å². The summed E-state index contributed by atoms with van der Waals surface area (Å²) in [5.74, 6) is 0.806. The van der Waals surface area contributed by atoms with E-state index >= 15 is 0 Å². The standard InChI is InChI=1S/C18H18N2O2S2/c1-12(16-4-3-9-23-16)19-17(21)10-14-11-24-18(20-14)13-5-7-15(22-2)8-6-13/h3-9,11-12H,10H2,1-2H3,(H,19,21)/t12-/m0/s1. The van der Waals surface area contributed by atoms with E-state index in [2.05, 4.69) is 10.3 Å². The second-order valence-electron chi connectivity index (χ2n) is 5.35. The van der Waals surface area contributed by atoms with Crippen molar-refractivity contribution < 1.29 is 9.53 Å². The summed E-state index contributed by atoms with van der Waals surface area (Å²) in [4.78, 5) is 17.9. The number of nitrogens with zero attached hydrogens (tertiary/aromatic N) is 1. The molecule has 0 saturated carbocycles. The van der Waals surface area contributed by atoms with Gasteiger partial charge in [-0.1, -0.05) is 6.07 Å². The van der Waals surface area contributed by atoms with Gasteiger partial charge in [-0.3, -0.25) is 4.79 Å². The topological polar surface area (TPSA) is 51.2 Å². The number of methoxy groups -OCH3 is 1. The monoisotopic (exact) mass is 358 g/mol. The molecular weight excluding hydrogens is 340 g/mol. The van der Waals surface area contributed by atoms with Crippen LogP contribution in [0.5, 0.6) is 5.75 Å². The van der Waals surface area contributed by atoms with E-state index in [9.17, 15) is 4.79 Å². The summed E-state index contributed by atoms with van der Waals surface area (Å²) in [5, 5.41) is 7.88. The molecule has 1 atom stereocenters. The second kappa shape index (κ2) is 7.59. The maximum Gasteiger partial charge on any atom is 0.226 e. The van der Waals surface area contributed by atoms with E-state index in [4.69, 9.17) is 4.74 Å². The van der Waals surface area contributed by atoms with Gasteiger partial charge in [-0.05, 0) is 42.6 Å². The fourth-order valence-electron chi connectivity index (χ4n) is 2.32. The zero-order valence-electron chi connectivity index (χ0n) is 13.5. The van der Waals surface area contributed by atoms with Gasteiger partial charge in [0.2, 0.25) is 5.91 Å². The highest BCUT2D eigenvalue weighted by Gasteiger charge is 2.13. The number of rotatable bonds is 6. The van der Waals surface area contributed by atoms with Gasteiger partial charge in [-0.15, -0.1) is 22.7 Å². The summed E-state index contributed by atoms with van der Waals surface area (Å²) < 4.78 is 5.16. The molecule has 0 radical (unpaired) electrons. The molecule has 0 bridgehead atoms. The molecule has 0 aliphatic carbocycles. The number of nitrogens with one attached hydrogen (secondary N) is 1. The molecule has 0 saturated heterocycles. The fraction of sp³-hybridized carbons (Fsp3) is 0.222. The van der Waals surface area contributed by atoms with Crippen molar-refractivity contribution in [1.29, 1.82) is 0 Å². The zero-order valence-corrected chi connectivity index (χ0v) is 15.1. The minimum atomic E-state index is -0.0116. The van der Waals surface area contributed by atoms with Crippen molar-refractivity contribution in [2.45, 2.75) is 19.4 Å². The average Bonchev–Trinajstić information content (AvgIpc) is 3.26. The molecular formula is C18H18N2O2S2. The molecule has 6 heteroatoms. The summed E-state index contributed by atoms with van der Waals surface area (Å²) >= 11 is 3.19. The van der Waals surface area contributed by atoms with Crippen LogP contribution in [0, 0.1) is 0 Å². The maximum absolute atomic E-state index is 12.2. The highest BCUT2D eigenvalue weighted by molar-refractivity contribution is 7.13. The lowest BCUT2D eigenvalue weighted by Gasteiger charge is -2.11. The van der Waals surface area contributed by atoms with Gasteiger partial charge in [0, 0.05) is 15.8 Å². The SMILES string of the molecule is COc1ccc(-c2nc(CC(=O)N[C@@H](C)c3cccs3)cs2)cc1. The Bertz CT molecular complexity index is 795. The molecule has 0 fully saturated rings. The van der Waals surface area contributed by atoms with Crippen molar-refractivity contribution in [3.8, 4) is 16.3 Å². The molecule has 2 heterocycles. The molecule has 1 amide bonds. The smallest absolute Gasteiger partial charge is 0.226 e. The number of hydrogen-bond donors (Lipinski definition) is 1. The van der Waals surface area contributed by atoms with Crippen molar-refractivity contribution >= 4 is 28.6 Å². The van der Waals surface area contributed by atoms with Crippen LogP contribution in [-0.2, 0) is 11.2 Å². The number of thiophene rings is 1. The Hall–Kier alpha value is -2.18. The maximum atomic E-state index is 12.2. The Labute approximate surface area is 149 Å². The van der Waals surface area contributed by atoms with Gasteiger partial charge in [0.15, 0.2) is 0 Å². The van der Waals surface area contributed by atoms with Gasteiger partial charge in [0.05, 0.1) is 25.3 Å². The number of amides is 1. The first-order valence-electron chi connectivity index (χ1n) is 7.57. The first-order chi connectivity index (χ1) is 11.7. The normalized spacial score (nSPS) is 11.9. The summed E-state index contributed by atoms with van der Waals surface area (Å²) in [6, 6.07) is 11.8. The van der Waals surface area contributed by atoms with Crippen LogP contribution in [0.1, 0.15) is 23.5 Å². The minimum Gasteiger partial charge on any atom is -0.497 e. The first-order valence-corrected chi connectivity index (χ1v) is 9.33. The summed E-state index contributed by atoms with van der Waals surface area (Å²) in [6.07, 6.45) is 0.294. The Morgan fingerprint density at radius 2 is 2.04 bits per heavy atom. The van der Waals surface area contributed by atoms with Crippen LogP contribution in [-0.4, -0.2) is 18.0 Å². The third-order valence-electron chi connectivity index (χ3n) is 3.58. The minimum absolute atomic E-state index is 0.0116. The Morgan fingerprint density at radius 1 is 1.25 bits per heavy atom. The van der Waals surface area contributed by atoms with E-state index in [0.717, 1.165) is 26.9 Å². The molecule has 1 N–H and O–H groups in total. The summed E-state index contributed by atoms with van der Waals surface area (Å²) in [7, 11) is 1.65. The van der Waals surface area contributed by atoms with Crippen molar-refractivity contribution in [1.82, 2.24) is 10.3 Å². The highest BCUT2D eigenvalue weighted by atomic mass is 32.1. The van der Waals surface area contributed by atoms with Crippen LogP contribution < -0.4 is 10.1 Å². The molecule has 1 aromatic carbocycles. The third-order valence-corrected chi connectivity index (χ3v) is 5.57.